The fourth-order valence-corrected chi connectivity index (χ4v) is 2.30. The lowest BCUT2D eigenvalue weighted by atomic mass is 10.1. The Bertz CT molecular complexity index is 729. The highest BCUT2D eigenvalue weighted by Gasteiger charge is 2.18. The number of nitrogens with two attached hydrogens (primary N) is 1. The van der Waals surface area contributed by atoms with Crippen LogP contribution in [-0.4, -0.2) is 18.7 Å². The Hall–Kier alpha value is -2.73. The summed E-state index contributed by atoms with van der Waals surface area (Å²) < 4.78 is 5.13. The summed E-state index contributed by atoms with van der Waals surface area (Å²) in [6.45, 7) is 0.440. The summed E-state index contributed by atoms with van der Waals surface area (Å²) in [7, 11) is 0. The van der Waals surface area contributed by atoms with Gasteiger partial charge in [0.25, 0.3) is 6.02 Å². The van der Waals surface area contributed by atoms with E-state index in [4.69, 9.17) is 22.1 Å². The van der Waals surface area contributed by atoms with Crippen molar-refractivity contribution in [3.8, 4) is 0 Å². The largest absolute Gasteiger partial charge is 0.463 e. The number of anilines is 2. The molecule has 118 valence electrons. The van der Waals surface area contributed by atoms with E-state index in [1.807, 2.05) is 12.1 Å². The van der Waals surface area contributed by atoms with Gasteiger partial charge in [0.1, 0.15) is 12.6 Å². The van der Waals surface area contributed by atoms with Gasteiger partial charge in [0, 0.05) is 16.4 Å². The smallest absolute Gasteiger partial charge is 0.323 e. The van der Waals surface area contributed by atoms with Crippen molar-refractivity contribution in [1.82, 2.24) is 0 Å². The second-order valence-corrected chi connectivity index (χ2v) is 5.44. The van der Waals surface area contributed by atoms with Gasteiger partial charge in [0.2, 0.25) is 0 Å². The number of urea groups is 1. The number of hydrogen-bond acceptors (Lipinski definition) is 4. The molecular weight excluding hydrogens is 316 g/mol. The molecule has 0 radical (unpaired) electrons. The highest BCUT2D eigenvalue weighted by atomic mass is 35.5. The van der Waals surface area contributed by atoms with E-state index in [2.05, 4.69) is 15.6 Å². The highest BCUT2D eigenvalue weighted by molar-refractivity contribution is 6.30. The Morgan fingerprint density at radius 1 is 1.09 bits per heavy atom. The van der Waals surface area contributed by atoms with Gasteiger partial charge in [0.05, 0.1) is 0 Å². The minimum atomic E-state index is -0.327. The molecule has 1 aliphatic rings. The maximum Gasteiger partial charge on any atom is 0.323 e. The standard InChI is InChI=1S/C16H15ClN4O2/c17-11-3-7-13(8-4-11)20-16(22)19-12-5-1-10(2-6-12)14-9-23-15(18)21-14/h1-8,14H,9H2,(H2,18,21)(H2,19,20,22)/t14-/m0/s1. The Morgan fingerprint density at radius 3 is 2.17 bits per heavy atom. The van der Waals surface area contributed by atoms with Gasteiger partial charge in [-0.1, -0.05) is 23.7 Å². The number of nitrogens with one attached hydrogen (secondary N) is 2. The van der Waals surface area contributed by atoms with Gasteiger partial charge in [0.15, 0.2) is 0 Å². The average molecular weight is 331 g/mol. The van der Waals surface area contributed by atoms with Gasteiger partial charge in [-0.3, -0.25) is 0 Å². The molecule has 0 bridgehead atoms. The molecule has 4 N–H and O–H groups in total. The first-order valence-electron chi connectivity index (χ1n) is 7.00. The number of hydrogen-bond donors (Lipinski definition) is 3. The van der Waals surface area contributed by atoms with E-state index in [0.717, 1.165) is 5.56 Å². The Kier molecular flexibility index (Phi) is 4.34. The van der Waals surface area contributed by atoms with Crippen LogP contribution in [0.15, 0.2) is 53.5 Å². The third-order valence-electron chi connectivity index (χ3n) is 3.33. The lowest BCUT2D eigenvalue weighted by Gasteiger charge is -2.09. The molecule has 3 rings (SSSR count). The van der Waals surface area contributed by atoms with E-state index in [0.29, 0.717) is 23.0 Å². The van der Waals surface area contributed by atoms with Gasteiger partial charge < -0.3 is 21.1 Å². The third kappa shape index (κ3) is 3.92. The van der Waals surface area contributed by atoms with E-state index in [-0.39, 0.29) is 18.1 Å². The molecular formula is C16H15ClN4O2. The molecule has 1 heterocycles. The van der Waals surface area contributed by atoms with E-state index >= 15 is 0 Å². The van der Waals surface area contributed by atoms with Crippen LogP contribution in [0.25, 0.3) is 0 Å². The summed E-state index contributed by atoms with van der Waals surface area (Å²) in [5.74, 6) is 0. The molecule has 1 atom stereocenters. The second-order valence-electron chi connectivity index (χ2n) is 5.00. The fraction of sp³-hybridized carbons (Fsp3) is 0.125. The lowest BCUT2D eigenvalue weighted by Crippen LogP contribution is -2.19. The monoisotopic (exact) mass is 330 g/mol. The second kappa shape index (κ2) is 6.58. The minimum Gasteiger partial charge on any atom is -0.463 e. The van der Waals surface area contributed by atoms with Crippen LogP contribution in [0.1, 0.15) is 11.6 Å². The van der Waals surface area contributed by atoms with Gasteiger partial charge >= 0.3 is 6.03 Å². The molecule has 0 unspecified atom stereocenters. The predicted molar refractivity (Wildman–Crippen MR) is 90.9 cm³/mol. The third-order valence-corrected chi connectivity index (χ3v) is 3.58. The number of nitrogens with zero attached hydrogens (tertiary/aromatic N) is 1. The maximum absolute atomic E-state index is 11.9. The lowest BCUT2D eigenvalue weighted by molar-refractivity contribution is 0.262. The normalized spacial score (nSPS) is 16.4. The molecule has 0 aliphatic carbocycles. The van der Waals surface area contributed by atoms with Gasteiger partial charge in [-0.25, -0.2) is 9.79 Å². The van der Waals surface area contributed by atoms with E-state index in [1.165, 1.54) is 0 Å². The number of benzene rings is 2. The van der Waals surface area contributed by atoms with Crippen molar-refractivity contribution in [2.75, 3.05) is 17.2 Å². The minimum absolute atomic E-state index is 0.0908. The summed E-state index contributed by atoms with van der Waals surface area (Å²) in [5, 5.41) is 6.10. The number of rotatable bonds is 3. The molecule has 2 aromatic carbocycles. The van der Waals surface area contributed by atoms with Crippen molar-refractivity contribution >= 4 is 35.0 Å². The van der Waals surface area contributed by atoms with E-state index in [9.17, 15) is 4.79 Å². The van der Waals surface area contributed by atoms with Crippen LogP contribution in [0.4, 0.5) is 16.2 Å². The molecule has 2 aromatic rings. The summed E-state index contributed by atoms with van der Waals surface area (Å²) in [5.41, 5.74) is 7.82. The number of amidine groups is 1. The topological polar surface area (TPSA) is 88.7 Å². The van der Waals surface area contributed by atoms with Gasteiger partial charge in [-0.05, 0) is 42.0 Å². The molecule has 7 heteroatoms. The zero-order valence-corrected chi connectivity index (χ0v) is 12.9. The number of aliphatic imine (C=N–C) groups is 1. The molecule has 0 aromatic heterocycles. The number of carbonyl (C=O) groups excluding carboxylic acids is 1. The molecule has 1 aliphatic heterocycles. The van der Waals surface area contributed by atoms with Crippen molar-refractivity contribution in [1.29, 1.82) is 0 Å². The molecule has 0 saturated heterocycles. The van der Waals surface area contributed by atoms with E-state index in [1.54, 1.807) is 36.4 Å². The average Bonchev–Trinajstić information content (AvgIpc) is 2.97. The summed E-state index contributed by atoms with van der Waals surface area (Å²) in [4.78, 5) is 16.1. The van der Waals surface area contributed by atoms with Gasteiger partial charge in [-0.2, -0.15) is 0 Å². The number of carbonyl (C=O) groups is 1. The Balaban J connectivity index is 1.59. The zero-order chi connectivity index (χ0) is 16.2. The van der Waals surface area contributed by atoms with Crippen molar-refractivity contribution < 1.29 is 9.53 Å². The molecule has 0 saturated carbocycles. The van der Waals surface area contributed by atoms with Crippen molar-refractivity contribution in [3.05, 3.63) is 59.1 Å². The Morgan fingerprint density at radius 2 is 1.65 bits per heavy atom. The maximum atomic E-state index is 11.9. The Labute approximate surface area is 138 Å². The van der Waals surface area contributed by atoms with Crippen LogP contribution in [0.5, 0.6) is 0 Å². The molecule has 0 spiro atoms. The van der Waals surface area contributed by atoms with Gasteiger partial charge in [-0.15, -0.1) is 0 Å². The first-order valence-corrected chi connectivity index (χ1v) is 7.37. The van der Waals surface area contributed by atoms with Crippen LogP contribution in [0, 0.1) is 0 Å². The van der Waals surface area contributed by atoms with Crippen LogP contribution < -0.4 is 16.4 Å². The summed E-state index contributed by atoms with van der Waals surface area (Å²) in [6.07, 6.45) is 0. The highest BCUT2D eigenvalue weighted by Crippen LogP contribution is 2.23. The molecule has 23 heavy (non-hydrogen) atoms. The quantitative estimate of drug-likeness (QED) is 0.806. The first kappa shape index (κ1) is 15.2. The summed E-state index contributed by atoms with van der Waals surface area (Å²) >= 11 is 5.80. The number of halogens is 1. The fourth-order valence-electron chi connectivity index (χ4n) is 2.18. The van der Waals surface area contributed by atoms with Crippen molar-refractivity contribution in [3.63, 3.8) is 0 Å². The first-order chi connectivity index (χ1) is 11.1. The van der Waals surface area contributed by atoms with E-state index < -0.39 is 0 Å². The molecule has 0 fully saturated rings. The molecule has 6 nitrogen and oxygen atoms in total. The van der Waals surface area contributed by atoms with Crippen LogP contribution in [0.2, 0.25) is 5.02 Å². The zero-order valence-electron chi connectivity index (χ0n) is 12.1. The summed E-state index contributed by atoms with van der Waals surface area (Å²) in [6, 6.07) is 14.0. The van der Waals surface area contributed by atoms with Crippen LogP contribution >= 0.6 is 11.6 Å². The molecule has 2 amide bonds. The predicted octanol–water partition coefficient (Wildman–Crippen LogP) is 3.37. The SMILES string of the molecule is NC1=N[C@H](c2ccc(NC(=O)Nc3ccc(Cl)cc3)cc2)CO1. The van der Waals surface area contributed by atoms with Crippen molar-refractivity contribution in [2.24, 2.45) is 10.7 Å². The van der Waals surface area contributed by atoms with Crippen LogP contribution in [-0.2, 0) is 4.74 Å². The number of ether oxygens (including phenoxy) is 1. The van der Waals surface area contributed by atoms with Crippen LogP contribution in [0.3, 0.4) is 0 Å². The number of amides is 2. The van der Waals surface area contributed by atoms with Crippen molar-refractivity contribution in [2.45, 2.75) is 6.04 Å².